The van der Waals surface area contributed by atoms with Crippen LogP contribution in [0.25, 0.3) is 0 Å². The summed E-state index contributed by atoms with van der Waals surface area (Å²) in [5, 5.41) is 2.16. The van der Waals surface area contributed by atoms with Crippen molar-refractivity contribution in [2.75, 3.05) is 0 Å². The van der Waals surface area contributed by atoms with Gasteiger partial charge in [-0.2, -0.15) is 5.16 Å². The SMILES string of the molecule is Cc1o[nH]c(=O)c1C[C@H](N)C=O. The molecule has 0 aliphatic rings. The standard InChI is InChI=1S/C7H10N2O3/c1-4-6(2-5(8)3-10)7(11)9-12-4/h3,5H,2,8H2,1H3,(H,9,11)/t5-/m0/s1. The molecule has 0 spiro atoms. The fraction of sp³-hybridized carbons (Fsp3) is 0.429. The molecule has 0 bridgehead atoms. The molecule has 12 heavy (non-hydrogen) atoms. The molecule has 1 aromatic rings. The van der Waals surface area contributed by atoms with E-state index in [2.05, 4.69) is 5.16 Å². The van der Waals surface area contributed by atoms with Crippen LogP contribution in [0.15, 0.2) is 9.32 Å². The van der Waals surface area contributed by atoms with Gasteiger partial charge in [0.05, 0.1) is 11.6 Å². The molecule has 3 N–H and O–H groups in total. The summed E-state index contributed by atoms with van der Waals surface area (Å²) in [5.74, 6) is 0.484. The van der Waals surface area contributed by atoms with E-state index in [4.69, 9.17) is 10.3 Å². The van der Waals surface area contributed by atoms with Crippen LogP contribution < -0.4 is 11.3 Å². The molecule has 1 atom stereocenters. The third-order valence-corrected chi connectivity index (χ3v) is 1.61. The molecule has 0 aromatic carbocycles. The average molecular weight is 170 g/mol. The Morgan fingerprint density at radius 1 is 1.75 bits per heavy atom. The first-order valence-electron chi connectivity index (χ1n) is 3.53. The number of aryl methyl sites for hydroxylation is 1. The van der Waals surface area contributed by atoms with Crippen molar-refractivity contribution in [2.45, 2.75) is 19.4 Å². The van der Waals surface area contributed by atoms with Gasteiger partial charge >= 0.3 is 0 Å². The summed E-state index contributed by atoms with van der Waals surface area (Å²) in [7, 11) is 0. The van der Waals surface area contributed by atoms with Gasteiger partial charge in [0.25, 0.3) is 5.56 Å². The number of aromatic amines is 1. The van der Waals surface area contributed by atoms with E-state index in [1.807, 2.05) is 0 Å². The monoisotopic (exact) mass is 170 g/mol. The zero-order valence-corrected chi connectivity index (χ0v) is 6.66. The minimum Gasteiger partial charge on any atom is -0.384 e. The van der Waals surface area contributed by atoms with Crippen molar-refractivity contribution in [1.82, 2.24) is 5.16 Å². The third-order valence-electron chi connectivity index (χ3n) is 1.61. The topological polar surface area (TPSA) is 89.1 Å². The number of H-pyrrole nitrogens is 1. The second-order valence-corrected chi connectivity index (χ2v) is 2.57. The molecular formula is C7H10N2O3. The van der Waals surface area contributed by atoms with E-state index in [0.29, 0.717) is 17.6 Å². The van der Waals surface area contributed by atoms with Crippen LogP contribution >= 0.6 is 0 Å². The van der Waals surface area contributed by atoms with Crippen LogP contribution in [0.2, 0.25) is 0 Å². The molecule has 5 heteroatoms. The zero-order valence-electron chi connectivity index (χ0n) is 6.66. The van der Waals surface area contributed by atoms with Crippen LogP contribution in [0.5, 0.6) is 0 Å². The Morgan fingerprint density at radius 2 is 2.42 bits per heavy atom. The van der Waals surface area contributed by atoms with Gasteiger partial charge in [-0.1, -0.05) is 0 Å². The molecule has 0 fully saturated rings. The minimum atomic E-state index is -0.637. The van der Waals surface area contributed by atoms with Gasteiger partial charge in [-0.3, -0.25) is 4.79 Å². The second-order valence-electron chi connectivity index (χ2n) is 2.57. The van der Waals surface area contributed by atoms with Crippen LogP contribution in [0.4, 0.5) is 0 Å². The van der Waals surface area contributed by atoms with Crippen molar-refractivity contribution in [3.63, 3.8) is 0 Å². The number of aromatic nitrogens is 1. The number of hydrogen-bond acceptors (Lipinski definition) is 4. The van der Waals surface area contributed by atoms with Crippen LogP contribution in [0, 0.1) is 6.92 Å². The van der Waals surface area contributed by atoms with E-state index >= 15 is 0 Å². The first-order chi connectivity index (χ1) is 5.65. The smallest absolute Gasteiger partial charge is 0.283 e. The number of carbonyl (C=O) groups excluding carboxylic acids is 1. The average Bonchev–Trinajstić information content (AvgIpc) is 2.35. The highest BCUT2D eigenvalue weighted by Crippen LogP contribution is 2.01. The predicted molar refractivity (Wildman–Crippen MR) is 41.8 cm³/mol. The molecule has 1 aromatic heterocycles. The first-order valence-corrected chi connectivity index (χ1v) is 3.53. The molecule has 1 rings (SSSR count). The van der Waals surface area contributed by atoms with E-state index < -0.39 is 6.04 Å². The van der Waals surface area contributed by atoms with E-state index in [9.17, 15) is 9.59 Å². The minimum absolute atomic E-state index is 0.223. The fourth-order valence-corrected chi connectivity index (χ4v) is 0.926. The Kier molecular flexibility index (Phi) is 2.44. The molecule has 0 amide bonds. The van der Waals surface area contributed by atoms with E-state index in [0.717, 1.165) is 0 Å². The van der Waals surface area contributed by atoms with Gasteiger partial charge in [0.2, 0.25) is 0 Å². The number of aldehydes is 1. The Labute approximate surface area is 68.5 Å². The van der Waals surface area contributed by atoms with E-state index in [1.54, 1.807) is 6.92 Å². The van der Waals surface area contributed by atoms with Crippen molar-refractivity contribution >= 4 is 6.29 Å². The van der Waals surface area contributed by atoms with Gasteiger partial charge in [-0.25, -0.2) is 0 Å². The highest BCUT2D eigenvalue weighted by molar-refractivity contribution is 5.57. The van der Waals surface area contributed by atoms with Crippen LogP contribution in [0.3, 0.4) is 0 Å². The van der Waals surface area contributed by atoms with Crippen molar-refractivity contribution in [3.05, 3.63) is 21.7 Å². The second kappa shape index (κ2) is 3.36. The van der Waals surface area contributed by atoms with Crippen LogP contribution in [0.1, 0.15) is 11.3 Å². The number of hydrogen-bond donors (Lipinski definition) is 2. The van der Waals surface area contributed by atoms with Crippen LogP contribution in [-0.2, 0) is 11.2 Å². The largest absolute Gasteiger partial charge is 0.384 e. The summed E-state index contributed by atoms with van der Waals surface area (Å²) < 4.78 is 4.73. The maximum Gasteiger partial charge on any atom is 0.283 e. The maximum atomic E-state index is 11.0. The van der Waals surface area contributed by atoms with Gasteiger partial charge in [0.1, 0.15) is 12.0 Å². The summed E-state index contributed by atoms with van der Waals surface area (Å²) in [6, 6.07) is -0.637. The normalized spacial score (nSPS) is 12.8. The maximum absolute atomic E-state index is 11.0. The van der Waals surface area contributed by atoms with Crippen molar-refractivity contribution in [2.24, 2.45) is 5.73 Å². The highest BCUT2D eigenvalue weighted by atomic mass is 16.5. The van der Waals surface area contributed by atoms with E-state index in [-0.39, 0.29) is 12.0 Å². The number of carbonyl (C=O) groups is 1. The molecule has 0 radical (unpaired) electrons. The summed E-state index contributed by atoms with van der Waals surface area (Å²) in [6.07, 6.45) is 0.826. The van der Waals surface area contributed by atoms with E-state index in [1.165, 1.54) is 0 Å². The third kappa shape index (κ3) is 1.62. The quantitative estimate of drug-likeness (QED) is 0.589. The van der Waals surface area contributed by atoms with Crippen molar-refractivity contribution < 1.29 is 9.32 Å². The molecule has 66 valence electrons. The van der Waals surface area contributed by atoms with Gasteiger partial charge in [0.15, 0.2) is 0 Å². The molecule has 5 nitrogen and oxygen atoms in total. The van der Waals surface area contributed by atoms with Gasteiger partial charge in [-0.05, 0) is 6.92 Å². The summed E-state index contributed by atoms with van der Waals surface area (Å²) in [4.78, 5) is 21.2. The van der Waals surface area contributed by atoms with Gasteiger partial charge < -0.3 is 15.1 Å². The predicted octanol–water partition coefficient (Wildman–Crippen LogP) is -0.655. The number of nitrogens with one attached hydrogen (secondary N) is 1. The molecule has 1 heterocycles. The zero-order chi connectivity index (χ0) is 9.14. The molecule has 0 saturated heterocycles. The fourth-order valence-electron chi connectivity index (χ4n) is 0.926. The lowest BCUT2D eigenvalue weighted by Crippen LogP contribution is -2.26. The lowest BCUT2D eigenvalue weighted by Gasteiger charge is -1.98. The summed E-state index contributed by atoms with van der Waals surface area (Å²) in [5.41, 5.74) is 5.46. The first kappa shape index (κ1) is 8.73. The molecule has 0 saturated carbocycles. The number of nitrogens with two attached hydrogens (primary N) is 1. The Hall–Kier alpha value is -1.36. The molecule has 0 aliphatic heterocycles. The summed E-state index contributed by atoms with van der Waals surface area (Å²) in [6.45, 7) is 1.64. The highest BCUT2D eigenvalue weighted by Gasteiger charge is 2.11. The Morgan fingerprint density at radius 3 is 2.83 bits per heavy atom. The number of rotatable bonds is 3. The van der Waals surface area contributed by atoms with Gasteiger partial charge in [0, 0.05) is 6.42 Å². The van der Waals surface area contributed by atoms with Crippen molar-refractivity contribution in [1.29, 1.82) is 0 Å². The lowest BCUT2D eigenvalue weighted by molar-refractivity contribution is -0.108. The summed E-state index contributed by atoms with van der Waals surface area (Å²) >= 11 is 0. The Balaban J connectivity index is 2.87. The molecule has 0 aliphatic carbocycles. The lowest BCUT2D eigenvalue weighted by atomic mass is 10.1. The Bertz CT molecular complexity index is 326. The van der Waals surface area contributed by atoms with Gasteiger partial charge in [-0.15, -0.1) is 0 Å². The van der Waals surface area contributed by atoms with Crippen LogP contribution in [-0.4, -0.2) is 17.5 Å². The van der Waals surface area contributed by atoms with Crippen molar-refractivity contribution in [3.8, 4) is 0 Å². The molecule has 0 unspecified atom stereocenters. The molecular weight excluding hydrogens is 160 g/mol.